The lowest BCUT2D eigenvalue weighted by molar-refractivity contribution is 0.192. The van der Waals surface area contributed by atoms with Crippen LogP contribution in [-0.2, 0) is 0 Å². The van der Waals surface area contributed by atoms with E-state index in [1.165, 1.54) is 32.4 Å². The van der Waals surface area contributed by atoms with Crippen LogP contribution in [-0.4, -0.2) is 55.6 Å². The molecule has 14 heavy (non-hydrogen) atoms. The molecule has 0 aromatic heterocycles. The first kappa shape index (κ1) is 12.0. The fourth-order valence-electron chi connectivity index (χ4n) is 2.35. The zero-order chi connectivity index (χ0) is 10.4. The first-order chi connectivity index (χ1) is 6.77. The second-order valence-electron chi connectivity index (χ2n) is 4.31. The van der Waals surface area contributed by atoms with Gasteiger partial charge in [0.25, 0.3) is 0 Å². The van der Waals surface area contributed by atoms with E-state index < -0.39 is 0 Å². The van der Waals surface area contributed by atoms with E-state index in [4.69, 9.17) is 5.73 Å². The molecule has 0 aromatic carbocycles. The molecule has 0 amide bonds. The van der Waals surface area contributed by atoms with Crippen LogP contribution in [0.4, 0.5) is 0 Å². The Hall–Kier alpha value is -0.120. The maximum atomic E-state index is 5.63. The van der Waals surface area contributed by atoms with Gasteiger partial charge in [-0.05, 0) is 45.9 Å². The summed E-state index contributed by atoms with van der Waals surface area (Å²) < 4.78 is 0. The van der Waals surface area contributed by atoms with Crippen molar-refractivity contribution >= 4 is 0 Å². The van der Waals surface area contributed by atoms with Crippen molar-refractivity contribution in [3.63, 3.8) is 0 Å². The van der Waals surface area contributed by atoms with Crippen molar-refractivity contribution in [3.05, 3.63) is 0 Å². The Kier molecular flexibility index (Phi) is 5.45. The number of nitrogens with two attached hydrogens (primary N) is 1. The third kappa shape index (κ3) is 3.56. The number of nitrogens with zero attached hydrogens (tertiary/aromatic N) is 2. The molecule has 0 spiro atoms. The van der Waals surface area contributed by atoms with Crippen molar-refractivity contribution in [1.29, 1.82) is 0 Å². The molecule has 1 unspecified atom stereocenters. The summed E-state index contributed by atoms with van der Waals surface area (Å²) in [6, 6.07) is 0.772. The van der Waals surface area contributed by atoms with Gasteiger partial charge in [-0.15, -0.1) is 0 Å². The Labute approximate surface area is 88.2 Å². The molecule has 1 saturated heterocycles. The maximum absolute atomic E-state index is 5.63. The van der Waals surface area contributed by atoms with Crippen LogP contribution in [0.3, 0.4) is 0 Å². The summed E-state index contributed by atoms with van der Waals surface area (Å²) in [5.74, 6) is 0. The van der Waals surface area contributed by atoms with Crippen molar-refractivity contribution in [2.45, 2.75) is 32.2 Å². The Morgan fingerprint density at radius 2 is 2.14 bits per heavy atom. The SMILES string of the molecule is CCN(CCN)C1CCCN(C)CC1. The monoisotopic (exact) mass is 199 g/mol. The minimum Gasteiger partial charge on any atom is -0.329 e. The summed E-state index contributed by atoms with van der Waals surface area (Å²) in [6.45, 7) is 7.74. The fourth-order valence-corrected chi connectivity index (χ4v) is 2.35. The average Bonchev–Trinajstić information content (AvgIpc) is 2.40. The first-order valence-electron chi connectivity index (χ1n) is 5.90. The molecule has 84 valence electrons. The van der Waals surface area contributed by atoms with E-state index in [9.17, 15) is 0 Å². The lowest BCUT2D eigenvalue weighted by Crippen LogP contribution is -2.39. The van der Waals surface area contributed by atoms with Gasteiger partial charge >= 0.3 is 0 Å². The Morgan fingerprint density at radius 3 is 2.79 bits per heavy atom. The molecule has 1 fully saturated rings. The van der Waals surface area contributed by atoms with E-state index in [-0.39, 0.29) is 0 Å². The van der Waals surface area contributed by atoms with Crippen LogP contribution in [0.1, 0.15) is 26.2 Å². The van der Waals surface area contributed by atoms with Gasteiger partial charge in [0.15, 0.2) is 0 Å². The highest BCUT2D eigenvalue weighted by atomic mass is 15.2. The molecule has 0 aromatic rings. The van der Waals surface area contributed by atoms with Crippen molar-refractivity contribution in [1.82, 2.24) is 9.80 Å². The smallest absolute Gasteiger partial charge is 0.0108 e. The lowest BCUT2D eigenvalue weighted by Gasteiger charge is -2.29. The van der Waals surface area contributed by atoms with Crippen molar-refractivity contribution in [3.8, 4) is 0 Å². The van der Waals surface area contributed by atoms with Crippen LogP contribution in [0.25, 0.3) is 0 Å². The highest BCUT2D eigenvalue weighted by molar-refractivity contribution is 4.76. The fraction of sp³-hybridized carbons (Fsp3) is 1.00. The van der Waals surface area contributed by atoms with Gasteiger partial charge < -0.3 is 10.6 Å². The normalized spacial score (nSPS) is 25.3. The number of hydrogen-bond acceptors (Lipinski definition) is 3. The minimum absolute atomic E-state index is 0.772. The Balaban J connectivity index is 2.40. The van der Waals surface area contributed by atoms with Crippen LogP contribution in [0.15, 0.2) is 0 Å². The Bertz CT molecular complexity index is 149. The number of rotatable bonds is 4. The van der Waals surface area contributed by atoms with E-state index >= 15 is 0 Å². The average molecular weight is 199 g/mol. The van der Waals surface area contributed by atoms with Gasteiger partial charge in [0, 0.05) is 19.1 Å². The highest BCUT2D eigenvalue weighted by Crippen LogP contribution is 2.15. The lowest BCUT2D eigenvalue weighted by atomic mass is 10.1. The second kappa shape index (κ2) is 6.38. The topological polar surface area (TPSA) is 32.5 Å². The predicted octanol–water partition coefficient (Wildman–Crippen LogP) is 0.751. The zero-order valence-electron chi connectivity index (χ0n) is 9.71. The second-order valence-corrected chi connectivity index (χ2v) is 4.31. The standard InChI is InChI=1S/C11H25N3/c1-3-14(10-7-12)11-5-4-8-13(2)9-6-11/h11H,3-10,12H2,1-2H3. The quantitative estimate of drug-likeness (QED) is 0.725. The number of hydrogen-bond donors (Lipinski definition) is 1. The van der Waals surface area contributed by atoms with Gasteiger partial charge in [-0.1, -0.05) is 6.92 Å². The van der Waals surface area contributed by atoms with Gasteiger partial charge in [0.1, 0.15) is 0 Å². The summed E-state index contributed by atoms with van der Waals surface area (Å²) in [5, 5.41) is 0. The van der Waals surface area contributed by atoms with E-state index in [0.717, 1.165) is 25.7 Å². The van der Waals surface area contributed by atoms with Gasteiger partial charge in [-0.2, -0.15) is 0 Å². The molecule has 2 N–H and O–H groups in total. The molecule has 0 saturated carbocycles. The molecule has 1 rings (SSSR count). The predicted molar refractivity (Wildman–Crippen MR) is 61.4 cm³/mol. The van der Waals surface area contributed by atoms with E-state index in [1.54, 1.807) is 0 Å². The molecule has 1 aliphatic heterocycles. The molecule has 1 heterocycles. The van der Waals surface area contributed by atoms with E-state index in [0.29, 0.717) is 0 Å². The van der Waals surface area contributed by atoms with Crippen LogP contribution in [0.5, 0.6) is 0 Å². The van der Waals surface area contributed by atoms with Crippen molar-refractivity contribution in [2.24, 2.45) is 5.73 Å². The van der Waals surface area contributed by atoms with Crippen LogP contribution >= 0.6 is 0 Å². The molecule has 0 radical (unpaired) electrons. The minimum atomic E-state index is 0.772. The Morgan fingerprint density at radius 1 is 1.36 bits per heavy atom. The molecule has 0 aliphatic carbocycles. The molecule has 3 heteroatoms. The summed E-state index contributed by atoms with van der Waals surface area (Å²) >= 11 is 0. The van der Waals surface area contributed by atoms with Gasteiger partial charge in [-0.3, -0.25) is 4.90 Å². The summed E-state index contributed by atoms with van der Waals surface area (Å²) in [7, 11) is 2.22. The van der Waals surface area contributed by atoms with E-state index in [1.807, 2.05) is 0 Å². The van der Waals surface area contributed by atoms with Crippen LogP contribution < -0.4 is 5.73 Å². The number of likely N-dealkylation sites (tertiary alicyclic amines) is 1. The maximum Gasteiger partial charge on any atom is 0.0108 e. The van der Waals surface area contributed by atoms with Crippen LogP contribution in [0, 0.1) is 0 Å². The van der Waals surface area contributed by atoms with Gasteiger partial charge in [0.05, 0.1) is 0 Å². The molecule has 1 atom stereocenters. The summed E-state index contributed by atoms with van der Waals surface area (Å²) in [6.07, 6.45) is 3.99. The zero-order valence-corrected chi connectivity index (χ0v) is 9.71. The number of likely N-dealkylation sites (N-methyl/N-ethyl adjacent to an activating group) is 1. The first-order valence-corrected chi connectivity index (χ1v) is 5.90. The molecule has 0 bridgehead atoms. The van der Waals surface area contributed by atoms with Crippen molar-refractivity contribution in [2.75, 3.05) is 39.8 Å². The van der Waals surface area contributed by atoms with Crippen molar-refractivity contribution < 1.29 is 0 Å². The van der Waals surface area contributed by atoms with Crippen LogP contribution in [0.2, 0.25) is 0 Å². The largest absolute Gasteiger partial charge is 0.329 e. The van der Waals surface area contributed by atoms with Gasteiger partial charge in [-0.25, -0.2) is 0 Å². The summed E-state index contributed by atoms with van der Waals surface area (Å²) in [4.78, 5) is 4.98. The summed E-state index contributed by atoms with van der Waals surface area (Å²) in [5.41, 5.74) is 5.63. The van der Waals surface area contributed by atoms with E-state index in [2.05, 4.69) is 23.8 Å². The molecular weight excluding hydrogens is 174 g/mol. The third-order valence-electron chi connectivity index (χ3n) is 3.26. The molecule has 3 nitrogen and oxygen atoms in total. The molecular formula is C11H25N3. The molecule has 1 aliphatic rings. The highest BCUT2D eigenvalue weighted by Gasteiger charge is 2.19. The van der Waals surface area contributed by atoms with Gasteiger partial charge in [0.2, 0.25) is 0 Å². The third-order valence-corrected chi connectivity index (χ3v) is 3.26.